The Morgan fingerprint density at radius 1 is 1.41 bits per heavy atom. The zero-order valence-electron chi connectivity index (χ0n) is 8.90. The molecule has 2 rings (SSSR count). The lowest BCUT2D eigenvalue weighted by Gasteiger charge is -2.05. The zero-order chi connectivity index (χ0) is 12.4. The fourth-order valence-corrected chi connectivity index (χ4v) is 1.96. The molecule has 6 nitrogen and oxygen atoms in total. The van der Waals surface area contributed by atoms with Crippen molar-refractivity contribution in [2.75, 3.05) is 11.1 Å². The van der Waals surface area contributed by atoms with E-state index in [4.69, 9.17) is 5.73 Å². The number of nitrogen functional groups attached to an aromatic ring is 1. The number of aryl methyl sites for hydroxylation is 1. The number of halogens is 1. The van der Waals surface area contributed by atoms with Crippen LogP contribution in [0.4, 0.5) is 11.5 Å². The fraction of sp³-hybridized carbons (Fsp3) is 0.100. The molecule has 0 bridgehead atoms. The van der Waals surface area contributed by atoms with Gasteiger partial charge in [-0.25, -0.2) is 4.63 Å². The van der Waals surface area contributed by atoms with Crippen molar-refractivity contribution in [1.29, 1.82) is 0 Å². The van der Waals surface area contributed by atoms with E-state index in [9.17, 15) is 4.79 Å². The van der Waals surface area contributed by atoms with Crippen molar-refractivity contribution in [3.05, 3.63) is 33.9 Å². The van der Waals surface area contributed by atoms with Crippen LogP contribution in [0.15, 0.2) is 27.3 Å². The lowest BCUT2D eigenvalue weighted by Crippen LogP contribution is -2.14. The quantitative estimate of drug-likeness (QED) is 0.883. The number of nitrogens with two attached hydrogens (primary N) is 1. The number of rotatable bonds is 2. The van der Waals surface area contributed by atoms with E-state index in [0.29, 0.717) is 5.69 Å². The second-order valence-corrected chi connectivity index (χ2v) is 4.39. The molecule has 0 radical (unpaired) electrons. The molecule has 1 aromatic heterocycles. The van der Waals surface area contributed by atoms with Gasteiger partial charge < -0.3 is 11.1 Å². The summed E-state index contributed by atoms with van der Waals surface area (Å²) in [6.45, 7) is 1.92. The summed E-state index contributed by atoms with van der Waals surface area (Å²) < 4.78 is 5.23. The van der Waals surface area contributed by atoms with Crippen molar-refractivity contribution in [2.45, 2.75) is 6.92 Å². The first-order valence-electron chi connectivity index (χ1n) is 4.73. The highest BCUT2D eigenvalue weighted by Gasteiger charge is 2.16. The van der Waals surface area contributed by atoms with Gasteiger partial charge in [0.15, 0.2) is 0 Å². The van der Waals surface area contributed by atoms with Crippen LogP contribution in [0.2, 0.25) is 0 Å². The molecule has 17 heavy (non-hydrogen) atoms. The standard InChI is InChI=1S/C10H9BrN4O2/c1-5-2-6(11)4-7(3-5)13-10(16)8-9(12)15-17-14-8/h2-4H,1H3,(H2,12,15)(H,13,16). The minimum absolute atomic E-state index is 0.0253. The number of carbonyl (C=O) groups is 1. The van der Waals surface area contributed by atoms with Gasteiger partial charge in [0.2, 0.25) is 11.5 Å². The van der Waals surface area contributed by atoms with E-state index in [1.807, 2.05) is 19.1 Å². The molecule has 0 fully saturated rings. The number of nitrogens with zero attached hydrogens (tertiary/aromatic N) is 2. The Bertz CT molecular complexity index is 547. The molecular formula is C10H9BrN4O2. The molecule has 88 valence electrons. The fourth-order valence-electron chi connectivity index (χ4n) is 1.35. The first kappa shape index (κ1) is 11.6. The molecule has 2 aromatic rings. The maximum Gasteiger partial charge on any atom is 0.281 e. The van der Waals surface area contributed by atoms with E-state index < -0.39 is 5.91 Å². The molecule has 1 amide bonds. The number of hydrogen-bond acceptors (Lipinski definition) is 5. The van der Waals surface area contributed by atoms with Crippen LogP contribution in [0.5, 0.6) is 0 Å². The summed E-state index contributed by atoms with van der Waals surface area (Å²) in [4.78, 5) is 11.7. The SMILES string of the molecule is Cc1cc(Br)cc(NC(=O)c2nonc2N)c1. The minimum Gasteiger partial charge on any atom is -0.379 e. The van der Waals surface area contributed by atoms with Gasteiger partial charge in [-0.3, -0.25) is 4.79 Å². The van der Waals surface area contributed by atoms with Crippen molar-refractivity contribution in [3.63, 3.8) is 0 Å². The molecule has 0 aliphatic heterocycles. The van der Waals surface area contributed by atoms with E-state index in [-0.39, 0.29) is 11.5 Å². The topological polar surface area (TPSA) is 94.0 Å². The van der Waals surface area contributed by atoms with Gasteiger partial charge in [0.25, 0.3) is 5.91 Å². The first-order chi connectivity index (χ1) is 8.06. The molecule has 0 saturated carbocycles. The molecule has 1 heterocycles. The Balaban J connectivity index is 2.21. The highest BCUT2D eigenvalue weighted by molar-refractivity contribution is 9.10. The van der Waals surface area contributed by atoms with Crippen LogP contribution < -0.4 is 11.1 Å². The Kier molecular flexibility index (Phi) is 3.10. The number of carbonyl (C=O) groups excluding carboxylic acids is 1. The third-order valence-electron chi connectivity index (χ3n) is 2.03. The molecule has 1 aromatic carbocycles. The van der Waals surface area contributed by atoms with Crippen molar-refractivity contribution < 1.29 is 9.42 Å². The predicted octanol–water partition coefficient (Wildman–Crippen LogP) is 1.98. The Morgan fingerprint density at radius 2 is 2.18 bits per heavy atom. The van der Waals surface area contributed by atoms with Gasteiger partial charge in [-0.05, 0) is 41.0 Å². The van der Waals surface area contributed by atoms with Crippen molar-refractivity contribution in [2.24, 2.45) is 0 Å². The lowest BCUT2D eigenvalue weighted by molar-refractivity contribution is 0.101. The normalized spacial score (nSPS) is 10.2. The molecule has 0 unspecified atom stereocenters. The average molecular weight is 297 g/mol. The highest BCUT2D eigenvalue weighted by atomic mass is 79.9. The van der Waals surface area contributed by atoms with E-state index in [1.165, 1.54) is 0 Å². The molecule has 3 N–H and O–H groups in total. The van der Waals surface area contributed by atoms with Gasteiger partial charge in [-0.1, -0.05) is 15.9 Å². The molecule has 0 spiro atoms. The van der Waals surface area contributed by atoms with Gasteiger partial charge in [0.1, 0.15) is 0 Å². The number of anilines is 2. The number of aromatic nitrogens is 2. The van der Waals surface area contributed by atoms with Gasteiger partial charge in [0, 0.05) is 10.2 Å². The van der Waals surface area contributed by atoms with Crippen LogP contribution in [0.1, 0.15) is 16.1 Å². The van der Waals surface area contributed by atoms with Crippen LogP contribution in [0.25, 0.3) is 0 Å². The van der Waals surface area contributed by atoms with E-state index in [2.05, 4.69) is 36.2 Å². The average Bonchev–Trinajstić information content (AvgIpc) is 2.62. The smallest absolute Gasteiger partial charge is 0.281 e. The van der Waals surface area contributed by atoms with Gasteiger partial charge in [-0.15, -0.1) is 0 Å². The summed E-state index contributed by atoms with van der Waals surface area (Å²) >= 11 is 3.34. The summed E-state index contributed by atoms with van der Waals surface area (Å²) in [5.74, 6) is -0.490. The van der Waals surface area contributed by atoms with Gasteiger partial charge in [0.05, 0.1) is 0 Å². The molecule has 0 saturated heterocycles. The van der Waals surface area contributed by atoms with Crippen LogP contribution in [0, 0.1) is 6.92 Å². The highest BCUT2D eigenvalue weighted by Crippen LogP contribution is 2.20. The van der Waals surface area contributed by atoms with Crippen LogP contribution >= 0.6 is 15.9 Å². The van der Waals surface area contributed by atoms with Crippen LogP contribution in [-0.4, -0.2) is 16.2 Å². The number of hydrogen-bond donors (Lipinski definition) is 2. The third kappa shape index (κ3) is 2.62. The number of nitrogens with one attached hydrogen (secondary N) is 1. The largest absolute Gasteiger partial charge is 0.379 e. The second kappa shape index (κ2) is 4.54. The van der Waals surface area contributed by atoms with Crippen molar-refractivity contribution in [3.8, 4) is 0 Å². The number of benzene rings is 1. The van der Waals surface area contributed by atoms with Crippen LogP contribution in [-0.2, 0) is 0 Å². The van der Waals surface area contributed by atoms with Gasteiger partial charge >= 0.3 is 0 Å². The monoisotopic (exact) mass is 296 g/mol. The predicted molar refractivity (Wildman–Crippen MR) is 65.5 cm³/mol. The molecule has 0 atom stereocenters. The summed E-state index contributed by atoms with van der Waals surface area (Å²) in [7, 11) is 0. The summed E-state index contributed by atoms with van der Waals surface area (Å²) in [6.07, 6.45) is 0. The van der Waals surface area contributed by atoms with E-state index in [1.54, 1.807) is 6.07 Å². The van der Waals surface area contributed by atoms with Gasteiger partial charge in [-0.2, -0.15) is 0 Å². The molecule has 7 heteroatoms. The molecule has 0 aliphatic rings. The summed E-state index contributed by atoms with van der Waals surface area (Å²) in [6, 6.07) is 5.53. The van der Waals surface area contributed by atoms with E-state index >= 15 is 0 Å². The molecule has 0 aliphatic carbocycles. The van der Waals surface area contributed by atoms with Crippen molar-refractivity contribution >= 4 is 33.3 Å². The second-order valence-electron chi connectivity index (χ2n) is 3.47. The Hall–Kier alpha value is -1.89. The summed E-state index contributed by atoms with van der Waals surface area (Å²) in [5, 5.41) is 9.41. The maximum atomic E-state index is 11.7. The molecular weight excluding hydrogens is 288 g/mol. The zero-order valence-corrected chi connectivity index (χ0v) is 10.5. The minimum atomic E-state index is -0.457. The third-order valence-corrected chi connectivity index (χ3v) is 2.49. The maximum absolute atomic E-state index is 11.7. The Morgan fingerprint density at radius 3 is 2.76 bits per heavy atom. The van der Waals surface area contributed by atoms with Crippen molar-refractivity contribution in [1.82, 2.24) is 10.3 Å². The lowest BCUT2D eigenvalue weighted by atomic mass is 10.2. The van der Waals surface area contributed by atoms with E-state index in [0.717, 1.165) is 10.0 Å². The Labute approximate surface area is 105 Å². The number of amides is 1. The van der Waals surface area contributed by atoms with Crippen LogP contribution in [0.3, 0.4) is 0 Å². The summed E-state index contributed by atoms with van der Waals surface area (Å²) in [5.41, 5.74) is 7.05. The first-order valence-corrected chi connectivity index (χ1v) is 5.52.